The van der Waals surface area contributed by atoms with Crippen molar-refractivity contribution < 1.29 is 4.79 Å². The molecule has 0 spiro atoms. The summed E-state index contributed by atoms with van der Waals surface area (Å²) < 4.78 is 0. The van der Waals surface area contributed by atoms with Crippen LogP contribution in [-0.4, -0.2) is 29.6 Å². The van der Waals surface area contributed by atoms with Gasteiger partial charge in [-0.2, -0.15) is 0 Å². The number of urea groups is 1. The van der Waals surface area contributed by atoms with Crippen molar-refractivity contribution in [2.24, 2.45) is 0 Å². The van der Waals surface area contributed by atoms with Crippen LogP contribution in [0.1, 0.15) is 91.4 Å². The molecule has 3 nitrogen and oxygen atoms in total. The first-order chi connectivity index (χ1) is 10.1. The minimum atomic E-state index is -0.0113. The third kappa shape index (κ3) is 7.19. The minimum absolute atomic E-state index is 0.0113. The lowest BCUT2D eigenvalue weighted by Gasteiger charge is -2.33. The zero-order valence-electron chi connectivity index (χ0n) is 14.5. The molecule has 1 N–H and O–H groups in total. The molecule has 0 bridgehead atoms. The highest BCUT2D eigenvalue weighted by atomic mass is 16.2. The Kier molecular flexibility index (Phi) is 8.79. The van der Waals surface area contributed by atoms with Crippen LogP contribution in [0.5, 0.6) is 0 Å². The monoisotopic (exact) mass is 296 g/mol. The fourth-order valence-electron chi connectivity index (χ4n) is 3.21. The van der Waals surface area contributed by atoms with Gasteiger partial charge in [-0.15, -0.1) is 0 Å². The third-order valence-electron chi connectivity index (χ3n) is 4.72. The number of unbranched alkanes of at least 4 members (excludes halogenated alkanes) is 5. The van der Waals surface area contributed by atoms with Crippen molar-refractivity contribution in [3.63, 3.8) is 0 Å². The van der Waals surface area contributed by atoms with Crippen molar-refractivity contribution in [2.75, 3.05) is 13.1 Å². The summed E-state index contributed by atoms with van der Waals surface area (Å²) in [5.41, 5.74) is -0.0113. The highest BCUT2D eigenvalue weighted by Gasteiger charge is 2.28. The summed E-state index contributed by atoms with van der Waals surface area (Å²) >= 11 is 0. The van der Waals surface area contributed by atoms with Gasteiger partial charge < -0.3 is 10.2 Å². The van der Waals surface area contributed by atoms with Crippen molar-refractivity contribution in [2.45, 2.75) is 96.9 Å². The number of nitrogens with one attached hydrogen (secondary N) is 1. The summed E-state index contributed by atoms with van der Waals surface area (Å²) in [6.07, 6.45) is 13.4. The van der Waals surface area contributed by atoms with Crippen LogP contribution in [0.25, 0.3) is 0 Å². The molecule has 21 heavy (non-hydrogen) atoms. The first kappa shape index (κ1) is 18.3. The zero-order chi connectivity index (χ0) is 15.6. The van der Waals surface area contributed by atoms with Gasteiger partial charge in [-0.25, -0.2) is 4.79 Å². The van der Waals surface area contributed by atoms with Crippen LogP contribution in [0.3, 0.4) is 0 Å². The van der Waals surface area contributed by atoms with Crippen LogP contribution in [0, 0.1) is 0 Å². The Bertz CT molecular complexity index is 287. The number of hydrogen-bond acceptors (Lipinski definition) is 1. The molecule has 1 aliphatic rings. The molecule has 0 aromatic rings. The van der Waals surface area contributed by atoms with Crippen LogP contribution in [0.15, 0.2) is 0 Å². The standard InChI is InChI=1S/C18H36N2O/c1-4-6-8-10-14-18(3,13-9-7-5-2)19-17(21)20-15-11-12-16-20/h4-16H2,1-3H3,(H,19,21). The Morgan fingerprint density at radius 3 is 2.05 bits per heavy atom. The summed E-state index contributed by atoms with van der Waals surface area (Å²) in [6.45, 7) is 8.61. The van der Waals surface area contributed by atoms with Gasteiger partial charge in [-0.05, 0) is 32.6 Å². The van der Waals surface area contributed by atoms with Crippen molar-refractivity contribution in [3.8, 4) is 0 Å². The lowest BCUT2D eigenvalue weighted by molar-refractivity contribution is 0.188. The molecule has 0 saturated carbocycles. The Morgan fingerprint density at radius 2 is 1.48 bits per heavy atom. The van der Waals surface area contributed by atoms with E-state index in [0.717, 1.165) is 38.8 Å². The number of nitrogens with zero attached hydrogens (tertiary/aromatic N) is 1. The summed E-state index contributed by atoms with van der Waals surface area (Å²) in [5, 5.41) is 3.36. The molecule has 1 heterocycles. The van der Waals surface area contributed by atoms with Crippen molar-refractivity contribution >= 4 is 6.03 Å². The maximum atomic E-state index is 12.4. The summed E-state index contributed by atoms with van der Waals surface area (Å²) in [7, 11) is 0. The van der Waals surface area contributed by atoms with E-state index >= 15 is 0 Å². The van der Waals surface area contributed by atoms with Crippen molar-refractivity contribution in [1.29, 1.82) is 0 Å². The van der Waals surface area contributed by atoms with Crippen LogP contribution < -0.4 is 5.32 Å². The van der Waals surface area contributed by atoms with Gasteiger partial charge in [0.15, 0.2) is 0 Å². The number of carbonyl (C=O) groups excluding carboxylic acids is 1. The maximum Gasteiger partial charge on any atom is 0.317 e. The third-order valence-corrected chi connectivity index (χ3v) is 4.72. The molecule has 124 valence electrons. The van der Waals surface area contributed by atoms with Gasteiger partial charge >= 0.3 is 6.03 Å². The number of rotatable bonds is 10. The lowest BCUT2D eigenvalue weighted by atomic mass is 9.88. The zero-order valence-corrected chi connectivity index (χ0v) is 14.5. The van der Waals surface area contributed by atoms with Crippen LogP contribution in [0.4, 0.5) is 4.79 Å². The minimum Gasteiger partial charge on any atom is -0.333 e. The van der Waals surface area contributed by atoms with E-state index in [0.29, 0.717) is 0 Å². The smallest absolute Gasteiger partial charge is 0.317 e. The van der Waals surface area contributed by atoms with Crippen LogP contribution >= 0.6 is 0 Å². The van der Waals surface area contributed by atoms with E-state index in [9.17, 15) is 4.79 Å². The van der Waals surface area contributed by atoms with Gasteiger partial charge in [0.1, 0.15) is 0 Å². The van der Waals surface area contributed by atoms with Crippen molar-refractivity contribution in [1.82, 2.24) is 10.2 Å². The quantitative estimate of drug-likeness (QED) is 0.559. The second-order valence-corrected chi connectivity index (χ2v) is 6.95. The van der Waals surface area contributed by atoms with Gasteiger partial charge in [0.25, 0.3) is 0 Å². The molecule has 1 fully saturated rings. The molecular formula is C18H36N2O. The SMILES string of the molecule is CCCCCCC(C)(CCCCC)NC(=O)N1CCCC1. The van der Waals surface area contributed by atoms with Gasteiger partial charge in [0.05, 0.1) is 0 Å². The molecule has 1 rings (SSSR count). The number of likely N-dealkylation sites (tertiary alicyclic amines) is 1. The molecule has 1 saturated heterocycles. The Morgan fingerprint density at radius 1 is 0.952 bits per heavy atom. The van der Waals surface area contributed by atoms with E-state index in [4.69, 9.17) is 0 Å². The van der Waals surface area contributed by atoms with E-state index in [-0.39, 0.29) is 11.6 Å². The Labute approximate surface area is 131 Å². The molecule has 1 aliphatic heterocycles. The summed E-state index contributed by atoms with van der Waals surface area (Å²) in [6, 6.07) is 0.169. The fraction of sp³-hybridized carbons (Fsp3) is 0.944. The van der Waals surface area contributed by atoms with Crippen LogP contribution in [0.2, 0.25) is 0 Å². The van der Waals surface area contributed by atoms with E-state index in [2.05, 4.69) is 26.1 Å². The molecule has 2 amide bonds. The Balaban J connectivity index is 2.46. The molecular weight excluding hydrogens is 260 g/mol. The van der Waals surface area contributed by atoms with E-state index in [1.807, 2.05) is 4.90 Å². The molecule has 0 radical (unpaired) electrons. The van der Waals surface area contributed by atoms with Gasteiger partial charge in [0.2, 0.25) is 0 Å². The molecule has 0 aliphatic carbocycles. The number of carbonyl (C=O) groups is 1. The van der Waals surface area contributed by atoms with Crippen molar-refractivity contribution in [3.05, 3.63) is 0 Å². The maximum absolute atomic E-state index is 12.4. The normalized spacial score (nSPS) is 17.8. The second-order valence-electron chi connectivity index (χ2n) is 6.95. The largest absolute Gasteiger partial charge is 0.333 e. The van der Waals surface area contributed by atoms with E-state index in [1.165, 1.54) is 44.9 Å². The molecule has 0 aromatic carbocycles. The topological polar surface area (TPSA) is 32.3 Å². The fourth-order valence-corrected chi connectivity index (χ4v) is 3.21. The number of hydrogen-bond donors (Lipinski definition) is 1. The lowest BCUT2D eigenvalue weighted by Crippen LogP contribution is -2.51. The summed E-state index contributed by atoms with van der Waals surface area (Å²) in [5.74, 6) is 0. The van der Waals surface area contributed by atoms with Gasteiger partial charge in [-0.1, -0.05) is 58.8 Å². The molecule has 0 aromatic heterocycles. The first-order valence-electron chi connectivity index (χ1n) is 9.18. The average molecular weight is 296 g/mol. The second kappa shape index (κ2) is 10.1. The highest BCUT2D eigenvalue weighted by Crippen LogP contribution is 2.23. The van der Waals surface area contributed by atoms with Gasteiger partial charge in [-0.3, -0.25) is 0 Å². The first-order valence-corrected chi connectivity index (χ1v) is 9.18. The molecule has 1 atom stereocenters. The predicted molar refractivity (Wildman–Crippen MR) is 90.6 cm³/mol. The van der Waals surface area contributed by atoms with E-state index < -0.39 is 0 Å². The molecule has 3 heteroatoms. The summed E-state index contributed by atoms with van der Waals surface area (Å²) in [4.78, 5) is 14.4. The predicted octanol–water partition coefficient (Wildman–Crippen LogP) is 5.10. The molecule has 1 unspecified atom stereocenters. The highest BCUT2D eigenvalue weighted by molar-refractivity contribution is 5.75. The number of amides is 2. The van der Waals surface area contributed by atoms with Gasteiger partial charge in [0, 0.05) is 18.6 Å². The van der Waals surface area contributed by atoms with E-state index in [1.54, 1.807) is 0 Å². The Hall–Kier alpha value is -0.730. The van der Waals surface area contributed by atoms with Crippen LogP contribution in [-0.2, 0) is 0 Å². The average Bonchev–Trinajstić information content (AvgIpc) is 2.98.